The average molecular weight is 266 g/mol. The summed E-state index contributed by atoms with van der Waals surface area (Å²) in [4.78, 5) is 3.10. The van der Waals surface area contributed by atoms with Crippen molar-refractivity contribution in [1.29, 1.82) is 0 Å². The molecule has 3 rings (SSSR count). The number of fused-ring (bicyclic) bond motifs is 1. The van der Waals surface area contributed by atoms with Crippen LogP contribution in [0.25, 0.3) is 11.0 Å². The van der Waals surface area contributed by atoms with E-state index in [1.807, 2.05) is 4.57 Å². The van der Waals surface area contributed by atoms with E-state index in [1.165, 1.54) is 18.6 Å². The Morgan fingerprint density at radius 1 is 1.50 bits per heavy atom. The summed E-state index contributed by atoms with van der Waals surface area (Å²) in [6.07, 6.45) is 3.25. The zero-order chi connectivity index (χ0) is 12.8. The molecule has 1 aliphatic carbocycles. The van der Waals surface area contributed by atoms with Crippen molar-refractivity contribution in [3.05, 3.63) is 28.8 Å². The van der Waals surface area contributed by atoms with Gasteiger partial charge in [0.2, 0.25) is 0 Å². The minimum absolute atomic E-state index is 0.125. The van der Waals surface area contributed by atoms with E-state index in [4.69, 9.17) is 17.0 Å². The second-order valence-electron chi connectivity index (χ2n) is 4.92. The van der Waals surface area contributed by atoms with E-state index in [9.17, 15) is 4.39 Å². The summed E-state index contributed by atoms with van der Waals surface area (Å²) in [7, 11) is 1.73. The Morgan fingerprint density at radius 3 is 2.89 bits per heavy atom. The Bertz CT molecular complexity index is 636. The summed E-state index contributed by atoms with van der Waals surface area (Å²) in [5, 5.41) is 0. The molecule has 5 heteroatoms. The maximum atomic E-state index is 13.3. The zero-order valence-corrected chi connectivity index (χ0v) is 11.0. The quantitative estimate of drug-likeness (QED) is 0.863. The topological polar surface area (TPSA) is 29.9 Å². The normalized spacial score (nSPS) is 17.9. The van der Waals surface area contributed by atoms with E-state index in [-0.39, 0.29) is 11.4 Å². The van der Waals surface area contributed by atoms with Crippen LogP contribution in [0.1, 0.15) is 19.3 Å². The van der Waals surface area contributed by atoms with E-state index < -0.39 is 0 Å². The molecule has 2 aromatic rings. The fraction of sp³-hybridized carbons (Fsp3) is 0.462. The van der Waals surface area contributed by atoms with Gasteiger partial charge in [-0.3, -0.25) is 0 Å². The van der Waals surface area contributed by atoms with Crippen LogP contribution < -0.4 is 0 Å². The highest BCUT2D eigenvalue weighted by Gasteiger charge is 2.37. The van der Waals surface area contributed by atoms with Crippen LogP contribution in [0.5, 0.6) is 0 Å². The number of nitrogens with one attached hydrogen (secondary N) is 1. The summed E-state index contributed by atoms with van der Waals surface area (Å²) >= 11 is 5.31. The monoisotopic (exact) mass is 266 g/mol. The number of aromatic nitrogens is 2. The van der Waals surface area contributed by atoms with Gasteiger partial charge in [-0.2, -0.15) is 0 Å². The largest absolute Gasteiger partial charge is 0.376 e. The lowest BCUT2D eigenvalue weighted by Gasteiger charge is -2.40. The lowest BCUT2D eigenvalue weighted by atomic mass is 9.80. The minimum Gasteiger partial charge on any atom is -0.376 e. The first kappa shape index (κ1) is 11.9. The lowest BCUT2D eigenvalue weighted by Crippen LogP contribution is -2.43. The van der Waals surface area contributed by atoms with Crippen LogP contribution in [0, 0.1) is 10.6 Å². The smallest absolute Gasteiger partial charge is 0.178 e. The summed E-state index contributed by atoms with van der Waals surface area (Å²) < 4.78 is 21.5. The molecule has 0 aliphatic heterocycles. The van der Waals surface area contributed by atoms with Crippen LogP contribution in [0.15, 0.2) is 18.2 Å². The summed E-state index contributed by atoms with van der Waals surface area (Å²) in [5.74, 6) is -0.245. The van der Waals surface area contributed by atoms with Crippen molar-refractivity contribution in [2.24, 2.45) is 0 Å². The van der Waals surface area contributed by atoms with E-state index in [2.05, 4.69) is 4.98 Å². The van der Waals surface area contributed by atoms with Gasteiger partial charge >= 0.3 is 0 Å². The van der Waals surface area contributed by atoms with Gasteiger partial charge < -0.3 is 14.3 Å². The van der Waals surface area contributed by atoms with Crippen LogP contribution in [-0.4, -0.2) is 22.3 Å². The molecule has 3 nitrogen and oxygen atoms in total. The van der Waals surface area contributed by atoms with E-state index in [0.29, 0.717) is 11.3 Å². The van der Waals surface area contributed by atoms with Crippen LogP contribution in [0.4, 0.5) is 4.39 Å². The molecular formula is C13H15FN2OS. The summed E-state index contributed by atoms with van der Waals surface area (Å²) in [6.45, 7) is 0.686. The zero-order valence-electron chi connectivity index (χ0n) is 10.2. The molecule has 0 unspecified atom stereocenters. The van der Waals surface area contributed by atoms with Gasteiger partial charge in [0.25, 0.3) is 0 Å². The Hall–Kier alpha value is -1.20. The number of methoxy groups -OCH3 is 1. The second kappa shape index (κ2) is 4.17. The standard InChI is InChI=1S/C13H15FN2OS/c1-17-13(5-2-6-13)8-16-11-7-9(14)3-4-10(11)15-12(16)18/h3-4,7H,2,5-6,8H2,1H3,(H,15,18). The van der Waals surface area contributed by atoms with Crippen molar-refractivity contribution in [3.8, 4) is 0 Å². The first-order chi connectivity index (χ1) is 8.63. The first-order valence-electron chi connectivity index (χ1n) is 6.07. The number of H-pyrrole nitrogens is 1. The maximum absolute atomic E-state index is 13.3. The third-order valence-electron chi connectivity index (χ3n) is 3.88. The van der Waals surface area contributed by atoms with Gasteiger partial charge in [0.1, 0.15) is 5.82 Å². The third-order valence-corrected chi connectivity index (χ3v) is 4.20. The van der Waals surface area contributed by atoms with Crippen molar-refractivity contribution in [3.63, 3.8) is 0 Å². The molecule has 1 aromatic carbocycles. The molecule has 1 saturated carbocycles. The fourth-order valence-corrected chi connectivity index (χ4v) is 2.84. The Balaban J connectivity index is 2.08. The molecule has 1 N–H and O–H groups in total. The molecule has 0 spiro atoms. The lowest BCUT2D eigenvalue weighted by molar-refractivity contribution is -0.0830. The van der Waals surface area contributed by atoms with Crippen molar-refractivity contribution in [1.82, 2.24) is 9.55 Å². The molecule has 0 bridgehead atoms. The van der Waals surface area contributed by atoms with E-state index in [1.54, 1.807) is 13.2 Å². The van der Waals surface area contributed by atoms with Crippen molar-refractivity contribution in [2.75, 3.05) is 7.11 Å². The number of nitrogens with zero attached hydrogens (tertiary/aromatic N) is 1. The van der Waals surface area contributed by atoms with Gasteiger partial charge in [-0.25, -0.2) is 4.39 Å². The van der Waals surface area contributed by atoms with E-state index >= 15 is 0 Å². The number of halogens is 1. The molecule has 0 amide bonds. The third kappa shape index (κ3) is 1.78. The molecule has 1 heterocycles. The number of benzene rings is 1. The Kier molecular flexibility index (Phi) is 2.75. The van der Waals surface area contributed by atoms with E-state index in [0.717, 1.165) is 23.9 Å². The molecule has 0 saturated heterocycles. The van der Waals surface area contributed by atoms with Gasteiger partial charge in [0.15, 0.2) is 4.77 Å². The number of imidazole rings is 1. The van der Waals surface area contributed by atoms with Crippen molar-refractivity contribution < 1.29 is 9.13 Å². The average Bonchev–Trinajstić information content (AvgIpc) is 2.60. The predicted molar refractivity (Wildman–Crippen MR) is 70.7 cm³/mol. The molecule has 1 aliphatic rings. The number of hydrogen-bond acceptors (Lipinski definition) is 2. The van der Waals surface area contributed by atoms with Gasteiger partial charge in [-0.05, 0) is 49.7 Å². The van der Waals surface area contributed by atoms with Crippen LogP contribution in [0.3, 0.4) is 0 Å². The Labute approximate surface area is 110 Å². The minimum atomic E-state index is -0.245. The molecule has 0 atom stereocenters. The molecular weight excluding hydrogens is 251 g/mol. The molecule has 1 aromatic heterocycles. The molecule has 0 radical (unpaired) electrons. The molecule has 18 heavy (non-hydrogen) atoms. The SMILES string of the molecule is COC1(Cn2c(=S)[nH]c3ccc(F)cc32)CCC1. The maximum Gasteiger partial charge on any atom is 0.178 e. The van der Waals surface area contributed by atoms with Gasteiger partial charge in [0.05, 0.1) is 23.2 Å². The summed E-state index contributed by atoms with van der Waals surface area (Å²) in [5.41, 5.74) is 1.55. The number of aromatic amines is 1. The second-order valence-corrected chi connectivity index (χ2v) is 5.31. The van der Waals surface area contributed by atoms with Crippen LogP contribution >= 0.6 is 12.2 Å². The number of hydrogen-bond donors (Lipinski definition) is 1. The predicted octanol–water partition coefficient (Wildman–Crippen LogP) is 3.41. The highest BCUT2D eigenvalue weighted by molar-refractivity contribution is 7.71. The fourth-order valence-electron chi connectivity index (χ4n) is 2.57. The summed E-state index contributed by atoms with van der Waals surface area (Å²) in [6, 6.07) is 4.67. The van der Waals surface area contributed by atoms with Gasteiger partial charge in [0, 0.05) is 7.11 Å². The van der Waals surface area contributed by atoms with Gasteiger partial charge in [-0.1, -0.05) is 0 Å². The van der Waals surface area contributed by atoms with Crippen LogP contribution in [-0.2, 0) is 11.3 Å². The van der Waals surface area contributed by atoms with Crippen LogP contribution in [0.2, 0.25) is 0 Å². The van der Waals surface area contributed by atoms with Gasteiger partial charge in [-0.15, -0.1) is 0 Å². The molecule has 1 fully saturated rings. The highest BCUT2D eigenvalue weighted by atomic mass is 32.1. The highest BCUT2D eigenvalue weighted by Crippen LogP contribution is 2.37. The number of ether oxygens (including phenoxy) is 1. The molecule has 96 valence electrons. The number of rotatable bonds is 3. The Morgan fingerprint density at radius 2 is 2.28 bits per heavy atom. The van der Waals surface area contributed by atoms with Crippen molar-refractivity contribution >= 4 is 23.3 Å². The first-order valence-corrected chi connectivity index (χ1v) is 6.48. The van der Waals surface area contributed by atoms with Crippen molar-refractivity contribution in [2.45, 2.75) is 31.4 Å².